The van der Waals surface area contributed by atoms with Crippen molar-refractivity contribution in [2.24, 2.45) is 12.9 Å². The molecule has 0 unspecified atom stereocenters. The van der Waals surface area contributed by atoms with E-state index in [1.54, 1.807) is 12.1 Å². The fourth-order valence-electron chi connectivity index (χ4n) is 1.76. The lowest BCUT2D eigenvalue weighted by molar-refractivity contribution is -0.387. The third kappa shape index (κ3) is 2.79. The average Bonchev–Trinajstić information content (AvgIpc) is 2.47. The van der Waals surface area contributed by atoms with Crippen LogP contribution in [0.3, 0.4) is 0 Å². The first kappa shape index (κ1) is 14.4. The zero-order valence-corrected chi connectivity index (χ0v) is 11.0. The molecule has 0 aliphatic heterocycles. The summed E-state index contributed by atoms with van der Waals surface area (Å²) in [6, 6.07) is 3.16. The van der Waals surface area contributed by atoms with Crippen LogP contribution >= 0.6 is 0 Å². The summed E-state index contributed by atoms with van der Waals surface area (Å²) < 4.78 is 1.77. The summed E-state index contributed by atoms with van der Waals surface area (Å²) in [4.78, 5) is 37.8. The van der Waals surface area contributed by atoms with Crippen molar-refractivity contribution in [3.8, 4) is 0 Å². The predicted molar refractivity (Wildman–Crippen MR) is 73.7 cm³/mol. The Hall–Kier alpha value is -3.01. The van der Waals surface area contributed by atoms with E-state index in [1.165, 1.54) is 13.2 Å². The molecule has 0 fully saturated rings. The Morgan fingerprint density at radius 2 is 2.14 bits per heavy atom. The van der Waals surface area contributed by atoms with Gasteiger partial charge < -0.3 is 5.43 Å². The number of nitrogen functional groups attached to an aromatic ring is 1. The van der Waals surface area contributed by atoms with E-state index in [0.29, 0.717) is 11.4 Å². The first-order valence-electron chi connectivity index (χ1n) is 5.80. The van der Waals surface area contributed by atoms with Crippen LogP contribution in [-0.4, -0.2) is 19.0 Å². The fourth-order valence-corrected chi connectivity index (χ4v) is 1.76. The molecule has 0 aliphatic rings. The number of anilines is 1. The normalized spacial score (nSPS) is 10.4. The van der Waals surface area contributed by atoms with Gasteiger partial charge in [0.15, 0.2) is 0 Å². The van der Waals surface area contributed by atoms with Crippen molar-refractivity contribution < 1.29 is 4.92 Å². The van der Waals surface area contributed by atoms with Gasteiger partial charge in [-0.2, -0.15) is 0 Å². The second kappa shape index (κ2) is 5.54. The van der Waals surface area contributed by atoms with Crippen molar-refractivity contribution in [3.63, 3.8) is 0 Å². The number of rotatable bonds is 4. The van der Waals surface area contributed by atoms with Gasteiger partial charge in [0.2, 0.25) is 0 Å². The maximum absolute atomic E-state index is 12.0. The number of aromatic nitrogens is 3. The summed E-state index contributed by atoms with van der Waals surface area (Å²) in [6.45, 7) is -0.120. The Bertz CT molecular complexity index is 792. The lowest BCUT2D eigenvalue weighted by Crippen LogP contribution is -2.39. The van der Waals surface area contributed by atoms with Gasteiger partial charge in [0.1, 0.15) is 5.82 Å². The largest absolute Gasteiger partial charge is 0.350 e. The smallest absolute Gasteiger partial charge is 0.308 e. The van der Waals surface area contributed by atoms with Gasteiger partial charge in [-0.25, -0.2) is 20.2 Å². The van der Waals surface area contributed by atoms with Crippen LogP contribution in [-0.2, 0) is 13.6 Å². The van der Waals surface area contributed by atoms with Crippen LogP contribution in [0.15, 0.2) is 34.1 Å². The SMILES string of the molecule is Cn1cc([N+](=O)[O-])c(=O)n(Cc2ccc(NN)nc2)c1=O. The quantitative estimate of drug-likeness (QED) is 0.426. The van der Waals surface area contributed by atoms with Gasteiger partial charge in [-0.15, -0.1) is 0 Å². The number of pyridine rings is 1. The lowest BCUT2D eigenvalue weighted by Gasteiger charge is -2.07. The van der Waals surface area contributed by atoms with Crippen LogP contribution in [0.5, 0.6) is 0 Å². The minimum absolute atomic E-state index is 0.120. The summed E-state index contributed by atoms with van der Waals surface area (Å²) in [5, 5.41) is 10.8. The third-order valence-electron chi connectivity index (χ3n) is 2.82. The molecule has 0 aromatic carbocycles. The molecule has 0 atom stereocenters. The maximum atomic E-state index is 12.0. The number of nitro groups is 1. The van der Waals surface area contributed by atoms with Crippen molar-refractivity contribution in [3.05, 3.63) is 61.0 Å². The molecule has 3 N–H and O–H groups in total. The van der Waals surface area contributed by atoms with Crippen LogP contribution in [0.2, 0.25) is 0 Å². The van der Waals surface area contributed by atoms with Gasteiger partial charge in [-0.3, -0.25) is 19.5 Å². The number of nitrogens with one attached hydrogen (secondary N) is 1. The first-order valence-corrected chi connectivity index (χ1v) is 5.80. The second-order valence-electron chi connectivity index (χ2n) is 4.25. The molecule has 10 heteroatoms. The lowest BCUT2D eigenvalue weighted by atomic mass is 10.3. The van der Waals surface area contributed by atoms with E-state index in [0.717, 1.165) is 15.3 Å². The molecule has 0 aliphatic carbocycles. The monoisotopic (exact) mass is 292 g/mol. The molecule has 0 radical (unpaired) electrons. The summed E-state index contributed by atoms with van der Waals surface area (Å²) in [5.41, 5.74) is 0.612. The van der Waals surface area contributed by atoms with Gasteiger partial charge in [0.25, 0.3) is 0 Å². The van der Waals surface area contributed by atoms with Crippen LogP contribution in [0.25, 0.3) is 0 Å². The molecule has 2 aromatic heterocycles. The summed E-state index contributed by atoms with van der Waals surface area (Å²) >= 11 is 0. The summed E-state index contributed by atoms with van der Waals surface area (Å²) in [7, 11) is 1.34. The minimum atomic E-state index is -0.955. The predicted octanol–water partition coefficient (Wildman–Crippen LogP) is -0.816. The molecular formula is C11H12N6O4. The second-order valence-corrected chi connectivity index (χ2v) is 4.25. The van der Waals surface area contributed by atoms with Gasteiger partial charge >= 0.3 is 16.9 Å². The Morgan fingerprint density at radius 1 is 1.43 bits per heavy atom. The van der Waals surface area contributed by atoms with Gasteiger partial charge in [-0.1, -0.05) is 6.07 Å². The van der Waals surface area contributed by atoms with E-state index in [4.69, 9.17) is 5.84 Å². The number of hydrogen-bond donors (Lipinski definition) is 2. The van der Waals surface area contributed by atoms with Crippen molar-refractivity contribution in [2.75, 3.05) is 5.43 Å². The van der Waals surface area contributed by atoms with Gasteiger partial charge in [0.05, 0.1) is 17.7 Å². The zero-order valence-electron chi connectivity index (χ0n) is 11.0. The molecule has 10 nitrogen and oxygen atoms in total. The van der Waals surface area contributed by atoms with Gasteiger partial charge in [0, 0.05) is 13.2 Å². The number of hydrogen-bond acceptors (Lipinski definition) is 7. The van der Waals surface area contributed by atoms with E-state index in [-0.39, 0.29) is 6.54 Å². The fraction of sp³-hybridized carbons (Fsp3) is 0.182. The van der Waals surface area contributed by atoms with E-state index >= 15 is 0 Å². The highest BCUT2D eigenvalue weighted by atomic mass is 16.6. The average molecular weight is 292 g/mol. The van der Waals surface area contributed by atoms with Crippen LogP contribution in [0.4, 0.5) is 11.5 Å². The highest BCUT2D eigenvalue weighted by Gasteiger charge is 2.18. The summed E-state index contributed by atoms with van der Waals surface area (Å²) in [6.07, 6.45) is 2.32. The van der Waals surface area contributed by atoms with Crippen molar-refractivity contribution in [1.29, 1.82) is 0 Å². The molecular weight excluding hydrogens is 280 g/mol. The highest BCUT2D eigenvalue weighted by molar-refractivity contribution is 5.34. The van der Waals surface area contributed by atoms with Crippen molar-refractivity contribution in [2.45, 2.75) is 6.54 Å². The number of aryl methyl sites for hydroxylation is 1. The number of nitrogens with zero attached hydrogens (tertiary/aromatic N) is 4. The molecule has 2 heterocycles. The third-order valence-corrected chi connectivity index (χ3v) is 2.82. The molecule has 0 amide bonds. The zero-order chi connectivity index (χ0) is 15.6. The molecule has 0 saturated heterocycles. The topological polar surface area (TPSA) is 138 Å². The van der Waals surface area contributed by atoms with Crippen molar-refractivity contribution >= 4 is 11.5 Å². The standard InChI is InChI=1S/C11H12N6O4/c1-15-6-8(17(20)21)10(18)16(11(15)19)5-7-2-3-9(14-12)13-4-7/h2-4,6H,5,12H2,1H3,(H,13,14). The van der Waals surface area contributed by atoms with E-state index in [2.05, 4.69) is 10.4 Å². The van der Waals surface area contributed by atoms with Crippen LogP contribution in [0, 0.1) is 10.1 Å². The molecule has 2 rings (SSSR count). The Kier molecular flexibility index (Phi) is 3.80. The Labute approximate surface area is 117 Å². The highest BCUT2D eigenvalue weighted by Crippen LogP contribution is 2.05. The first-order chi connectivity index (χ1) is 9.93. The van der Waals surface area contributed by atoms with E-state index in [9.17, 15) is 19.7 Å². The van der Waals surface area contributed by atoms with Gasteiger partial charge in [-0.05, 0) is 11.6 Å². The molecule has 0 spiro atoms. The molecule has 2 aromatic rings. The van der Waals surface area contributed by atoms with Crippen LogP contribution in [0.1, 0.15) is 5.56 Å². The minimum Gasteiger partial charge on any atom is -0.308 e. The molecule has 0 saturated carbocycles. The molecule has 21 heavy (non-hydrogen) atoms. The number of hydrazine groups is 1. The van der Waals surface area contributed by atoms with Crippen LogP contribution < -0.4 is 22.5 Å². The van der Waals surface area contributed by atoms with E-state index < -0.39 is 21.9 Å². The summed E-state index contributed by atoms with van der Waals surface area (Å²) in [5.74, 6) is 5.59. The Balaban J connectivity index is 2.50. The molecule has 0 bridgehead atoms. The van der Waals surface area contributed by atoms with E-state index in [1.807, 2.05) is 0 Å². The molecule has 110 valence electrons. The van der Waals surface area contributed by atoms with Crippen molar-refractivity contribution in [1.82, 2.24) is 14.1 Å². The number of nitrogens with two attached hydrogens (primary N) is 1. The maximum Gasteiger partial charge on any atom is 0.350 e. The Morgan fingerprint density at radius 3 is 2.67 bits per heavy atom.